The van der Waals surface area contributed by atoms with Gasteiger partial charge >= 0.3 is 0 Å². The molecule has 2 aromatic carbocycles. The minimum atomic E-state index is 0.598. The topological polar surface area (TPSA) is 53.7 Å². The number of likely N-dealkylation sites (tertiary alicyclic amines) is 1. The predicted molar refractivity (Wildman–Crippen MR) is 99.9 cm³/mol. The van der Waals surface area contributed by atoms with E-state index in [1.165, 1.54) is 31.2 Å². The highest BCUT2D eigenvalue weighted by atomic mass is 16.4. The lowest BCUT2D eigenvalue weighted by atomic mass is 9.90. The van der Waals surface area contributed by atoms with E-state index in [2.05, 4.69) is 50.9 Å². The molecule has 128 valence electrons. The van der Waals surface area contributed by atoms with Gasteiger partial charge in [-0.3, -0.25) is 4.57 Å². The number of piperidine rings is 1. The Morgan fingerprint density at radius 2 is 2.16 bits per heavy atom. The summed E-state index contributed by atoms with van der Waals surface area (Å²) in [6.07, 6.45) is 5.78. The van der Waals surface area contributed by atoms with Crippen molar-refractivity contribution in [2.24, 2.45) is 5.16 Å². The van der Waals surface area contributed by atoms with Crippen molar-refractivity contribution in [2.45, 2.75) is 18.8 Å². The number of imidazole rings is 1. The molecule has 25 heavy (non-hydrogen) atoms. The van der Waals surface area contributed by atoms with Crippen molar-refractivity contribution >= 4 is 17.2 Å². The van der Waals surface area contributed by atoms with Crippen LogP contribution in [0.5, 0.6) is 0 Å². The Hall–Kier alpha value is -2.66. The summed E-state index contributed by atoms with van der Waals surface area (Å²) >= 11 is 0. The average molecular weight is 334 g/mol. The molecule has 0 aliphatic carbocycles. The molecule has 2 heterocycles. The molecule has 0 spiro atoms. The van der Waals surface area contributed by atoms with Crippen LogP contribution in [0.15, 0.2) is 53.9 Å². The van der Waals surface area contributed by atoms with E-state index < -0.39 is 0 Å². The summed E-state index contributed by atoms with van der Waals surface area (Å²) in [7, 11) is 2.20. The Bertz CT molecular complexity index is 915. The van der Waals surface area contributed by atoms with Gasteiger partial charge in [-0.1, -0.05) is 23.4 Å². The highest BCUT2D eigenvalue weighted by molar-refractivity contribution is 5.87. The van der Waals surface area contributed by atoms with Crippen molar-refractivity contribution in [3.63, 3.8) is 0 Å². The van der Waals surface area contributed by atoms with E-state index >= 15 is 0 Å². The molecule has 0 saturated carbocycles. The quantitative estimate of drug-likeness (QED) is 0.452. The third-order valence-corrected chi connectivity index (χ3v) is 5.02. The van der Waals surface area contributed by atoms with Gasteiger partial charge in [0.05, 0.1) is 17.2 Å². The van der Waals surface area contributed by atoms with Gasteiger partial charge in [0.15, 0.2) is 0 Å². The third kappa shape index (κ3) is 3.15. The number of benzene rings is 2. The van der Waals surface area contributed by atoms with E-state index in [-0.39, 0.29) is 0 Å². The van der Waals surface area contributed by atoms with E-state index in [0.29, 0.717) is 5.92 Å². The van der Waals surface area contributed by atoms with Crippen LogP contribution in [0.2, 0.25) is 0 Å². The number of aromatic nitrogens is 2. The highest BCUT2D eigenvalue weighted by Gasteiger charge is 2.19. The van der Waals surface area contributed by atoms with Crippen molar-refractivity contribution in [2.75, 3.05) is 20.1 Å². The zero-order valence-corrected chi connectivity index (χ0v) is 14.3. The van der Waals surface area contributed by atoms with Crippen LogP contribution in [0.25, 0.3) is 16.7 Å². The Morgan fingerprint density at radius 1 is 1.24 bits per heavy atom. The zero-order chi connectivity index (χ0) is 17.2. The number of oxime groups is 1. The lowest BCUT2D eigenvalue weighted by Gasteiger charge is -2.30. The van der Waals surface area contributed by atoms with Gasteiger partial charge in [-0.05, 0) is 67.7 Å². The molecule has 1 aliphatic rings. The highest BCUT2D eigenvalue weighted by Crippen LogP contribution is 2.28. The molecule has 1 fully saturated rings. The first kappa shape index (κ1) is 15.8. The first-order chi connectivity index (χ1) is 12.2. The van der Waals surface area contributed by atoms with Crippen LogP contribution in [0.3, 0.4) is 0 Å². The smallest absolute Gasteiger partial charge is 0.100 e. The maximum atomic E-state index is 8.69. The number of hydrogen-bond acceptors (Lipinski definition) is 4. The van der Waals surface area contributed by atoms with Crippen LogP contribution in [0, 0.1) is 0 Å². The van der Waals surface area contributed by atoms with Crippen LogP contribution >= 0.6 is 0 Å². The lowest BCUT2D eigenvalue weighted by Crippen LogP contribution is -2.30. The van der Waals surface area contributed by atoms with E-state index in [9.17, 15) is 0 Å². The zero-order valence-electron chi connectivity index (χ0n) is 14.3. The second-order valence-electron chi connectivity index (χ2n) is 6.80. The second-order valence-corrected chi connectivity index (χ2v) is 6.80. The largest absolute Gasteiger partial charge is 0.411 e. The number of fused-ring (bicyclic) bond motifs is 1. The lowest BCUT2D eigenvalue weighted by molar-refractivity contribution is 0.251. The van der Waals surface area contributed by atoms with E-state index in [1.807, 2.05) is 24.5 Å². The Kier molecular flexibility index (Phi) is 4.24. The van der Waals surface area contributed by atoms with Gasteiger partial charge in [0.25, 0.3) is 0 Å². The van der Waals surface area contributed by atoms with Gasteiger partial charge in [-0.15, -0.1) is 0 Å². The standard InChI is InChI=1S/C20H22N4O/c1-23-9-3-5-17(13-23)16-4-2-6-18(11-16)24-14-21-19-10-15(12-22-25)7-8-20(19)24/h2,4,6-8,10-12,14,17,25H,3,5,9,13H2,1H3/b22-12+. The molecule has 3 aromatic rings. The molecule has 1 N–H and O–H groups in total. The summed E-state index contributed by atoms with van der Waals surface area (Å²) in [5.41, 5.74) is 5.30. The molecule has 1 saturated heterocycles. The van der Waals surface area contributed by atoms with Gasteiger partial charge in [0.1, 0.15) is 6.33 Å². The molecule has 1 aromatic heterocycles. The van der Waals surface area contributed by atoms with E-state index in [0.717, 1.165) is 28.8 Å². The van der Waals surface area contributed by atoms with Crippen LogP contribution in [0.4, 0.5) is 0 Å². The van der Waals surface area contributed by atoms with Crippen molar-refractivity contribution in [3.8, 4) is 5.69 Å². The first-order valence-corrected chi connectivity index (χ1v) is 8.68. The number of likely N-dealkylation sites (N-methyl/N-ethyl adjacent to an activating group) is 1. The summed E-state index contributed by atoms with van der Waals surface area (Å²) in [4.78, 5) is 6.92. The van der Waals surface area contributed by atoms with Crippen molar-refractivity contribution in [1.29, 1.82) is 0 Å². The van der Waals surface area contributed by atoms with Gasteiger partial charge in [0.2, 0.25) is 0 Å². The summed E-state index contributed by atoms with van der Waals surface area (Å²) in [5, 5.41) is 11.8. The molecule has 1 unspecified atom stereocenters. The molecular weight excluding hydrogens is 312 g/mol. The monoisotopic (exact) mass is 334 g/mol. The minimum absolute atomic E-state index is 0.598. The summed E-state index contributed by atoms with van der Waals surface area (Å²) in [5.74, 6) is 0.598. The summed E-state index contributed by atoms with van der Waals surface area (Å²) < 4.78 is 2.12. The van der Waals surface area contributed by atoms with Gasteiger partial charge in [-0.25, -0.2) is 4.98 Å². The van der Waals surface area contributed by atoms with Crippen LogP contribution in [0.1, 0.15) is 29.9 Å². The van der Waals surface area contributed by atoms with Gasteiger partial charge in [0, 0.05) is 12.2 Å². The van der Waals surface area contributed by atoms with Crippen molar-refractivity contribution in [1.82, 2.24) is 14.5 Å². The first-order valence-electron chi connectivity index (χ1n) is 8.68. The van der Waals surface area contributed by atoms with Crippen molar-refractivity contribution < 1.29 is 5.21 Å². The number of rotatable bonds is 3. The Balaban J connectivity index is 1.70. The normalized spacial score (nSPS) is 19.0. The average Bonchev–Trinajstić information content (AvgIpc) is 3.05. The summed E-state index contributed by atoms with van der Waals surface area (Å²) in [6.45, 7) is 2.32. The fourth-order valence-electron chi connectivity index (χ4n) is 3.75. The van der Waals surface area contributed by atoms with Crippen LogP contribution in [-0.2, 0) is 0 Å². The Morgan fingerprint density at radius 3 is 3.00 bits per heavy atom. The SMILES string of the molecule is CN1CCCC(c2cccc(-n3cnc4cc(/C=N/O)ccc43)c2)C1. The van der Waals surface area contributed by atoms with Crippen LogP contribution < -0.4 is 0 Å². The fraction of sp³-hybridized carbons (Fsp3) is 0.300. The molecule has 5 heteroatoms. The van der Waals surface area contributed by atoms with E-state index in [4.69, 9.17) is 5.21 Å². The molecule has 0 bridgehead atoms. The number of nitrogens with zero attached hydrogens (tertiary/aromatic N) is 4. The minimum Gasteiger partial charge on any atom is -0.411 e. The summed E-state index contributed by atoms with van der Waals surface area (Å²) in [6, 6.07) is 14.7. The maximum Gasteiger partial charge on any atom is 0.100 e. The van der Waals surface area contributed by atoms with Crippen LogP contribution in [-0.4, -0.2) is 46.0 Å². The molecular formula is C20H22N4O. The second kappa shape index (κ2) is 6.69. The van der Waals surface area contributed by atoms with Crippen molar-refractivity contribution in [3.05, 3.63) is 59.9 Å². The molecule has 1 aliphatic heterocycles. The molecule has 0 amide bonds. The van der Waals surface area contributed by atoms with Gasteiger partial charge < -0.3 is 10.1 Å². The molecule has 4 rings (SSSR count). The maximum absolute atomic E-state index is 8.69. The Labute approximate surface area is 147 Å². The number of hydrogen-bond donors (Lipinski definition) is 1. The predicted octanol–water partition coefficient (Wildman–Crippen LogP) is 3.64. The fourth-order valence-corrected chi connectivity index (χ4v) is 3.75. The third-order valence-electron chi connectivity index (χ3n) is 5.02. The molecule has 0 radical (unpaired) electrons. The van der Waals surface area contributed by atoms with E-state index in [1.54, 1.807) is 0 Å². The molecule has 1 atom stereocenters. The molecule has 5 nitrogen and oxygen atoms in total. The van der Waals surface area contributed by atoms with Gasteiger partial charge in [-0.2, -0.15) is 0 Å².